The van der Waals surface area contributed by atoms with Gasteiger partial charge in [-0.15, -0.1) is 5.10 Å². The van der Waals surface area contributed by atoms with Gasteiger partial charge in [-0.05, 0) is 66.2 Å². The molecular formula is C30H24F3N5O3. The Balaban J connectivity index is 1.32. The lowest BCUT2D eigenvalue weighted by molar-refractivity contribution is 0.262. The Morgan fingerprint density at radius 2 is 1.63 bits per heavy atom. The maximum atomic E-state index is 14.7. The zero-order chi connectivity index (χ0) is 28.8. The Bertz CT molecular complexity index is 1660. The highest BCUT2D eigenvalue weighted by Gasteiger charge is 2.18. The van der Waals surface area contributed by atoms with Crippen LogP contribution in [0.1, 0.15) is 5.56 Å². The van der Waals surface area contributed by atoms with E-state index in [0.717, 1.165) is 23.4 Å². The van der Waals surface area contributed by atoms with E-state index in [1.54, 1.807) is 49.6 Å². The molecule has 8 nitrogen and oxygen atoms in total. The molecule has 5 rings (SSSR count). The molecule has 2 amide bonds. The van der Waals surface area contributed by atoms with Crippen molar-refractivity contribution in [2.75, 3.05) is 24.4 Å². The van der Waals surface area contributed by atoms with Crippen LogP contribution in [0, 0.1) is 17.5 Å². The van der Waals surface area contributed by atoms with Crippen molar-refractivity contribution in [3.8, 4) is 28.8 Å². The van der Waals surface area contributed by atoms with E-state index in [4.69, 9.17) is 9.47 Å². The highest BCUT2D eigenvalue weighted by atomic mass is 19.1. The van der Waals surface area contributed by atoms with Gasteiger partial charge in [0.15, 0.2) is 5.82 Å². The minimum atomic E-state index is -0.899. The molecule has 4 aromatic carbocycles. The molecule has 1 aromatic heterocycles. The fourth-order valence-electron chi connectivity index (χ4n) is 3.97. The normalized spacial score (nSPS) is 10.7. The third-order valence-electron chi connectivity index (χ3n) is 6.03. The maximum Gasteiger partial charge on any atom is 0.336 e. The number of ether oxygens (including phenoxy) is 2. The lowest BCUT2D eigenvalue weighted by atomic mass is 10.1. The molecule has 0 unspecified atom stereocenters. The topological polar surface area (TPSA) is 90.3 Å². The second-order valence-corrected chi connectivity index (χ2v) is 8.81. The SMILES string of the molecule is COc1ccc(CCOc2nc(-c3ccccc3F)n(-c3ccc(NC(=O)Nc4ccc(F)cc4F)cc3)n2)cc1. The van der Waals surface area contributed by atoms with Crippen LogP contribution in [-0.4, -0.2) is 34.5 Å². The average Bonchev–Trinajstić information content (AvgIpc) is 3.39. The number of amides is 2. The summed E-state index contributed by atoms with van der Waals surface area (Å²) in [5.74, 6) is -1.14. The monoisotopic (exact) mass is 559 g/mol. The molecule has 0 radical (unpaired) electrons. The number of carbonyl (C=O) groups is 1. The van der Waals surface area contributed by atoms with Crippen molar-refractivity contribution in [2.24, 2.45) is 0 Å². The van der Waals surface area contributed by atoms with Crippen LogP contribution >= 0.6 is 0 Å². The van der Waals surface area contributed by atoms with Gasteiger partial charge in [0.25, 0.3) is 0 Å². The summed E-state index contributed by atoms with van der Waals surface area (Å²) in [6, 6.07) is 22.4. The summed E-state index contributed by atoms with van der Waals surface area (Å²) < 4.78 is 54.1. The van der Waals surface area contributed by atoms with Crippen molar-refractivity contribution >= 4 is 17.4 Å². The van der Waals surface area contributed by atoms with E-state index >= 15 is 0 Å². The van der Waals surface area contributed by atoms with E-state index in [9.17, 15) is 18.0 Å². The van der Waals surface area contributed by atoms with E-state index in [-0.39, 0.29) is 23.1 Å². The summed E-state index contributed by atoms with van der Waals surface area (Å²) in [6.07, 6.45) is 0.595. The standard InChI is InChI=1S/C30H24F3N5O3/c1-40-23-13-6-19(7-14-23)16-17-41-30-36-28(24-4-2-3-5-25(24)32)38(37-30)22-11-9-21(10-12-22)34-29(39)35-27-15-8-20(31)18-26(27)33/h2-15,18H,16-17H2,1H3,(H2,34,35,39). The second-order valence-electron chi connectivity index (χ2n) is 8.81. The molecule has 1 heterocycles. The number of nitrogens with zero attached hydrogens (tertiary/aromatic N) is 3. The van der Waals surface area contributed by atoms with Gasteiger partial charge in [0.1, 0.15) is 23.2 Å². The number of anilines is 2. The molecule has 0 aliphatic rings. The van der Waals surface area contributed by atoms with Gasteiger partial charge in [0, 0.05) is 18.2 Å². The van der Waals surface area contributed by atoms with Crippen LogP contribution in [0.4, 0.5) is 29.3 Å². The minimum absolute atomic E-state index is 0.0691. The van der Waals surface area contributed by atoms with E-state index < -0.39 is 23.5 Å². The largest absolute Gasteiger partial charge is 0.497 e. The quantitative estimate of drug-likeness (QED) is 0.212. The van der Waals surface area contributed by atoms with Gasteiger partial charge in [-0.3, -0.25) is 0 Å². The van der Waals surface area contributed by atoms with Crippen molar-refractivity contribution in [1.29, 1.82) is 0 Å². The van der Waals surface area contributed by atoms with Gasteiger partial charge in [0.2, 0.25) is 0 Å². The van der Waals surface area contributed by atoms with E-state index in [1.165, 1.54) is 10.7 Å². The molecule has 41 heavy (non-hydrogen) atoms. The summed E-state index contributed by atoms with van der Waals surface area (Å²) in [6.45, 7) is 0.291. The molecule has 0 fully saturated rings. The molecule has 0 saturated heterocycles. The summed E-state index contributed by atoms with van der Waals surface area (Å²) in [5.41, 5.74) is 2.01. The first-order valence-electron chi connectivity index (χ1n) is 12.5. The van der Waals surface area contributed by atoms with E-state index in [0.29, 0.717) is 30.5 Å². The molecule has 5 aromatic rings. The molecule has 0 aliphatic carbocycles. The maximum absolute atomic E-state index is 14.7. The zero-order valence-electron chi connectivity index (χ0n) is 21.8. The number of hydrogen-bond donors (Lipinski definition) is 2. The highest BCUT2D eigenvalue weighted by molar-refractivity contribution is 5.99. The van der Waals surface area contributed by atoms with E-state index in [2.05, 4.69) is 20.7 Å². The van der Waals surface area contributed by atoms with Crippen molar-refractivity contribution in [1.82, 2.24) is 14.8 Å². The Morgan fingerprint density at radius 3 is 2.34 bits per heavy atom. The molecule has 0 spiro atoms. The van der Waals surface area contributed by atoms with Crippen molar-refractivity contribution in [2.45, 2.75) is 6.42 Å². The number of urea groups is 1. The Kier molecular flexibility index (Phi) is 8.14. The summed E-state index contributed by atoms with van der Waals surface area (Å²) >= 11 is 0. The number of rotatable bonds is 9. The fraction of sp³-hybridized carbons (Fsp3) is 0.100. The van der Waals surface area contributed by atoms with Gasteiger partial charge >= 0.3 is 12.0 Å². The van der Waals surface area contributed by atoms with Crippen LogP contribution in [0.15, 0.2) is 91.0 Å². The van der Waals surface area contributed by atoms with Crippen LogP contribution in [0.5, 0.6) is 11.8 Å². The summed E-state index contributed by atoms with van der Waals surface area (Å²) in [5, 5.41) is 9.34. The predicted molar refractivity (Wildman–Crippen MR) is 148 cm³/mol. The molecule has 11 heteroatoms. The Morgan fingerprint density at radius 1 is 0.878 bits per heavy atom. The number of benzene rings is 4. The molecular weight excluding hydrogens is 535 g/mol. The summed E-state index contributed by atoms with van der Waals surface area (Å²) in [7, 11) is 1.60. The van der Waals surface area contributed by atoms with Crippen LogP contribution in [0.3, 0.4) is 0 Å². The lowest BCUT2D eigenvalue weighted by Gasteiger charge is -2.10. The van der Waals surface area contributed by atoms with Gasteiger partial charge < -0.3 is 20.1 Å². The molecule has 0 bridgehead atoms. The third kappa shape index (κ3) is 6.64. The first-order chi connectivity index (χ1) is 19.9. The number of methoxy groups -OCH3 is 1. The van der Waals surface area contributed by atoms with Crippen LogP contribution < -0.4 is 20.1 Å². The van der Waals surface area contributed by atoms with Gasteiger partial charge in [-0.25, -0.2) is 22.6 Å². The minimum Gasteiger partial charge on any atom is -0.497 e. The fourth-order valence-corrected chi connectivity index (χ4v) is 3.97. The number of halogens is 3. The van der Waals surface area contributed by atoms with Crippen LogP contribution in [-0.2, 0) is 6.42 Å². The number of nitrogens with one attached hydrogen (secondary N) is 2. The highest BCUT2D eigenvalue weighted by Crippen LogP contribution is 2.27. The van der Waals surface area contributed by atoms with Crippen LogP contribution in [0.25, 0.3) is 17.1 Å². The average molecular weight is 560 g/mol. The number of hydrogen-bond acceptors (Lipinski definition) is 5. The van der Waals surface area contributed by atoms with Gasteiger partial charge in [-0.1, -0.05) is 24.3 Å². The van der Waals surface area contributed by atoms with Crippen molar-refractivity contribution < 1.29 is 27.4 Å². The van der Waals surface area contributed by atoms with Gasteiger partial charge in [0.05, 0.1) is 30.7 Å². The van der Waals surface area contributed by atoms with Crippen molar-refractivity contribution in [3.63, 3.8) is 0 Å². The molecule has 208 valence electrons. The second kappa shape index (κ2) is 12.2. The smallest absolute Gasteiger partial charge is 0.336 e. The molecule has 2 N–H and O–H groups in total. The zero-order valence-corrected chi connectivity index (χ0v) is 21.8. The van der Waals surface area contributed by atoms with Gasteiger partial charge in [-0.2, -0.15) is 4.98 Å². The molecule has 0 saturated carbocycles. The number of carbonyl (C=O) groups excluding carboxylic acids is 1. The first kappa shape index (κ1) is 27.3. The molecule has 0 aliphatic heterocycles. The molecule has 0 atom stereocenters. The third-order valence-corrected chi connectivity index (χ3v) is 6.03. The van der Waals surface area contributed by atoms with E-state index in [1.807, 2.05) is 24.3 Å². The van der Waals surface area contributed by atoms with Crippen molar-refractivity contribution in [3.05, 3.63) is 114 Å². The Labute approximate surface area is 233 Å². The predicted octanol–water partition coefficient (Wildman–Crippen LogP) is 6.63. The Hall–Kier alpha value is -5.32. The first-order valence-corrected chi connectivity index (χ1v) is 12.5. The number of aromatic nitrogens is 3. The van der Waals surface area contributed by atoms with Crippen LogP contribution in [0.2, 0.25) is 0 Å². The summed E-state index contributed by atoms with van der Waals surface area (Å²) in [4.78, 5) is 16.8. The lowest BCUT2D eigenvalue weighted by Crippen LogP contribution is -2.20.